The first-order valence-electron chi connectivity index (χ1n) is 6.48. The molecule has 1 aromatic carbocycles. The third kappa shape index (κ3) is 4.38. The van der Waals surface area contributed by atoms with E-state index in [-0.39, 0.29) is 0 Å². The zero-order valence-electron chi connectivity index (χ0n) is 11.5. The summed E-state index contributed by atoms with van der Waals surface area (Å²) in [5.41, 5.74) is 1.80. The van der Waals surface area contributed by atoms with E-state index in [1.807, 2.05) is 31.4 Å². The minimum Gasteiger partial charge on any atom is -0.492 e. The van der Waals surface area contributed by atoms with Gasteiger partial charge < -0.3 is 4.74 Å². The molecule has 20 heavy (non-hydrogen) atoms. The van der Waals surface area contributed by atoms with Crippen LogP contribution in [0.3, 0.4) is 0 Å². The summed E-state index contributed by atoms with van der Waals surface area (Å²) < 4.78 is 5.65. The van der Waals surface area contributed by atoms with Crippen molar-refractivity contribution >= 4 is 0 Å². The molecule has 2 aromatic rings. The Balaban J connectivity index is 1.76. The molecule has 0 fully saturated rings. The summed E-state index contributed by atoms with van der Waals surface area (Å²) in [5, 5.41) is 8.82. The van der Waals surface area contributed by atoms with Crippen LogP contribution in [0.2, 0.25) is 0 Å². The molecule has 4 nitrogen and oxygen atoms in total. The highest BCUT2D eigenvalue weighted by molar-refractivity contribution is 5.36. The van der Waals surface area contributed by atoms with Gasteiger partial charge >= 0.3 is 0 Å². The Labute approximate surface area is 119 Å². The van der Waals surface area contributed by atoms with Crippen molar-refractivity contribution in [3.63, 3.8) is 0 Å². The average molecular weight is 267 g/mol. The Hall–Kier alpha value is -2.38. The number of ether oxygens (including phenoxy) is 1. The number of aromatic nitrogens is 1. The van der Waals surface area contributed by atoms with E-state index < -0.39 is 0 Å². The van der Waals surface area contributed by atoms with Crippen LogP contribution >= 0.6 is 0 Å². The summed E-state index contributed by atoms with van der Waals surface area (Å²) in [6, 6.07) is 13.3. The maximum absolute atomic E-state index is 8.82. The van der Waals surface area contributed by atoms with Gasteiger partial charge in [0.2, 0.25) is 0 Å². The summed E-state index contributed by atoms with van der Waals surface area (Å²) in [7, 11) is 2.04. The Morgan fingerprint density at radius 3 is 2.95 bits per heavy atom. The molecule has 0 aliphatic heterocycles. The fourth-order valence-electron chi connectivity index (χ4n) is 1.86. The molecular formula is C16H17N3O. The maximum atomic E-state index is 8.82. The molecule has 0 bridgehead atoms. The van der Waals surface area contributed by atoms with Crippen molar-refractivity contribution in [2.24, 2.45) is 0 Å². The van der Waals surface area contributed by atoms with Gasteiger partial charge in [-0.2, -0.15) is 5.26 Å². The molecule has 0 aliphatic rings. The van der Waals surface area contributed by atoms with E-state index in [4.69, 9.17) is 10.00 Å². The van der Waals surface area contributed by atoms with Crippen LogP contribution < -0.4 is 4.74 Å². The molecule has 0 spiro atoms. The average Bonchev–Trinajstić information content (AvgIpc) is 2.48. The molecule has 0 N–H and O–H groups in total. The second kappa shape index (κ2) is 7.27. The minimum absolute atomic E-state index is 0.589. The lowest BCUT2D eigenvalue weighted by Gasteiger charge is -2.16. The lowest BCUT2D eigenvalue weighted by Crippen LogP contribution is -2.23. The van der Waals surface area contributed by atoms with Crippen LogP contribution in [0.15, 0.2) is 48.8 Å². The fourth-order valence-corrected chi connectivity index (χ4v) is 1.86. The van der Waals surface area contributed by atoms with E-state index in [9.17, 15) is 0 Å². The molecule has 0 radical (unpaired) electrons. The highest BCUT2D eigenvalue weighted by atomic mass is 16.5. The highest BCUT2D eigenvalue weighted by Crippen LogP contribution is 2.12. The second-order valence-electron chi connectivity index (χ2n) is 4.59. The van der Waals surface area contributed by atoms with Gasteiger partial charge in [0, 0.05) is 25.5 Å². The number of nitrogens with zero attached hydrogens (tertiary/aromatic N) is 3. The molecule has 0 saturated carbocycles. The molecule has 0 amide bonds. The zero-order chi connectivity index (χ0) is 14.2. The Kier molecular flexibility index (Phi) is 5.10. The van der Waals surface area contributed by atoms with Gasteiger partial charge in [0.15, 0.2) is 0 Å². The Bertz CT molecular complexity index is 578. The van der Waals surface area contributed by atoms with Gasteiger partial charge in [0.05, 0.1) is 11.6 Å². The molecule has 4 heteroatoms. The Morgan fingerprint density at radius 1 is 1.30 bits per heavy atom. The Morgan fingerprint density at radius 2 is 2.20 bits per heavy atom. The number of hydrogen-bond acceptors (Lipinski definition) is 4. The molecule has 0 unspecified atom stereocenters. The quantitative estimate of drug-likeness (QED) is 0.806. The van der Waals surface area contributed by atoms with Crippen LogP contribution in [0.5, 0.6) is 5.75 Å². The van der Waals surface area contributed by atoms with E-state index >= 15 is 0 Å². The third-order valence-corrected chi connectivity index (χ3v) is 2.88. The molecular weight excluding hydrogens is 250 g/mol. The number of nitriles is 1. The van der Waals surface area contributed by atoms with Gasteiger partial charge in [-0.05, 0) is 36.9 Å². The van der Waals surface area contributed by atoms with Crippen LogP contribution in [-0.2, 0) is 6.54 Å². The largest absolute Gasteiger partial charge is 0.492 e. The van der Waals surface area contributed by atoms with E-state index in [1.54, 1.807) is 18.3 Å². The van der Waals surface area contributed by atoms with E-state index in [2.05, 4.69) is 22.0 Å². The van der Waals surface area contributed by atoms with E-state index in [0.717, 1.165) is 18.8 Å². The number of rotatable bonds is 6. The van der Waals surface area contributed by atoms with Gasteiger partial charge in [-0.15, -0.1) is 0 Å². The number of hydrogen-bond donors (Lipinski definition) is 0. The summed E-state index contributed by atoms with van der Waals surface area (Å²) >= 11 is 0. The SMILES string of the molecule is CN(CCOc1cccc(C#N)c1)Cc1cccnc1. The second-order valence-corrected chi connectivity index (χ2v) is 4.59. The summed E-state index contributed by atoms with van der Waals surface area (Å²) in [5.74, 6) is 0.735. The van der Waals surface area contributed by atoms with Crippen molar-refractivity contribution in [1.29, 1.82) is 5.26 Å². The van der Waals surface area contributed by atoms with Crippen LogP contribution in [0.25, 0.3) is 0 Å². The van der Waals surface area contributed by atoms with Crippen molar-refractivity contribution in [1.82, 2.24) is 9.88 Å². The fraction of sp³-hybridized carbons (Fsp3) is 0.250. The summed E-state index contributed by atoms with van der Waals surface area (Å²) in [6.07, 6.45) is 3.64. The first-order chi connectivity index (χ1) is 9.78. The predicted molar refractivity (Wildman–Crippen MR) is 77.2 cm³/mol. The third-order valence-electron chi connectivity index (χ3n) is 2.88. The van der Waals surface area contributed by atoms with E-state index in [1.165, 1.54) is 5.56 Å². The molecule has 2 rings (SSSR count). The minimum atomic E-state index is 0.589. The van der Waals surface area contributed by atoms with Gasteiger partial charge in [-0.25, -0.2) is 0 Å². The van der Waals surface area contributed by atoms with Crippen LogP contribution in [0.1, 0.15) is 11.1 Å². The lowest BCUT2D eigenvalue weighted by atomic mass is 10.2. The molecule has 1 heterocycles. The number of pyridine rings is 1. The van der Waals surface area contributed by atoms with Crippen molar-refractivity contribution < 1.29 is 4.74 Å². The monoisotopic (exact) mass is 267 g/mol. The van der Waals surface area contributed by atoms with Gasteiger partial charge in [0.25, 0.3) is 0 Å². The maximum Gasteiger partial charge on any atom is 0.120 e. The van der Waals surface area contributed by atoms with Crippen LogP contribution in [-0.4, -0.2) is 30.1 Å². The van der Waals surface area contributed by atoms with Crippen LogP contribution in [0.4, 0.5) is 0 Å². The lowest BCUT2D eigenvalue weighted by molar-refractivity contribution is 0.232. The predicted octanol–water partition coefficient (Wildman–Crippen LogP) is 2.46. The molecule has 102 valence electrons. The number of benzene rings is 1. The van der Waals surface area contributed by atoms with E-state index in [0.29, 0.717) is 12.2 Å². The van der Waals surface area contributed by atoms with Crippen molar-refractivity contribution in [2.75, 3.05) is 20.2 Å². The van der Waals surface area contributed by atoms with Gasteiger partial charge in [-0.1, -0.05) is 12.1 Å². The smallest absolute Gasteiger partial charge is 0.120 e. The molecule has 1 aromatic heterocycles. The first-order valence-corrected chi connectivity index (χ1v) is 6.48. The molecule has 0 aliphatic carbocycles. The van der Waals surface area contributed by atoms with Gasteiger partial charge in [-0.3, -0.25) is 9.88 Å². The normalized spacial score (nSPS) is 10.2. The topological polar surface area (TPSA) is 49.1 Å². The van der Waals surface area contributed by atoms with Crippen molar-refractivity contribution in [3.8, 4) is 11.8 Å². The highest BCUT2D eigenvalue weighted by Gasteiger charge is 2.01. The van der Waals surface area contributed by atoms with Crippen molar-refractivity contribution in [2.45, 2.75) is 6.54 Å². The van der Waals surface area contributed by atoms with Gasteiger partial charge in [0.1, 0.15) is 12.4 Å². The summed E-state index contributed by atoms with van der Waals surface area (Å²) in [4.78, 5) is 6.27. The molecule has 0 saturated heterocycles. The standard InChI is InChI=1S/C16H17N3O/c1-19(13-15-5-3-7-18-12-15)8-9-20-16-6-2-4-14(10-16)11-17/h2-7,10,12H,8-9,13H2,1H3. The zero-order valence-corrected chi connectivity index (χ0v) is 11.5. The first kappa shape index (κ1) is 14.0. The summed E-state index contributed by atoms with van der Waals surface area (Å²) in [6.45, 7) is 2.24. The van der Waals surface area contributed by atoms with Crippen LogP contribution in [0, 0.1) is 11.3 Å². The number of likely N-dealkylation sites (N-methyl/N-ethyl adjacent to an activating group) is 1. The van der Waals surface area contributed by atoms with Crippen molar-refractivity contribution in [3.05, 3.63) is 59.9 Å². The molecule has 0 atom stereocenters.